The van der Waals surface area contributed by atoms with Gasteiger partial charge in [-0.05, 0) is 55.7 Å². The van der Waals surface area contributed by atoms with E-state index in [4.69, 9.17) is 4.74 Å². The molecule has 5 nitrogen and oxygen atoms in total. The maximum atomic E-state index is 12.1. The summed E-state index contributed by atoms with van der Waals surface area (Å²) in [6.07, 6.45) is 1.16. The zero-order valence-electron chi connectivity index (χ0n) is 14.9. The second-order valence-corrected chi connectivity index (χ2v) is 8.13. The molecule has 2 aromatic carbocycles. The lowest BCUT2D eigenvalue weighted by molar-refractivity contribution is -0.123. The minimum Gasteiger partial charge on any atom is -0.483 e. The smallest absolute Gasteiger partial charge is 0.258 e. The van der Waals surface area contributed by atoms with Gasteiger partial charge in [-0.1, -0.05) is 24.3 Å². The highest BCUT2D eigenvalue weighted by Crippen LogP contribution is 2.20. The fraction of sp³-hybridized carbons (Fsp3) is 0.316. The summed E-state index contributed by atoms with van der Waals surface area (Å²) >= 11 is 0. The van der Waals surface area contributed by atoms with Gasteiger partial charge in [0.05, 0.1) is 10.9 Å². The number of rotatable bonds is 6. The predicted octanol–water partition coefficient (Wildman–Crippen LogP) is 2.96. The van der Waals surface area contributed by atoms with E-state index in [1.165, 1.54) is 0 Å². The Morgan fingerprint density at radius 3 is 2.36 bits per heavy atom. The largest absolute Gasteiger partial charge is 0.483 e. The van der Waals surface area contributed by atoms with E-state index in [-0.39, 0.29) is 23.5 Å². The van der Waals surface area contributed by atoms with Gasteiger partial charge in [-0.2, -0.15) is 0 Å². The van der Waals surface area contributed by atoms with E-state index < -0.39 is 9.84 Å². The Bertz CT molecular complexity index is 857. The summed E-state index contributed by atoms with van der Waals surface area (Å²) in [4.78, 5) is 12.3. The molecule has 1 amide bonds. The normalized spacial score (nSPS) is 12.5. The van der Waals surface area contributed by atoms with Crippen molar-refractivity contribution in [3.05, 3.63) is 59.2 Å². The van der Waals surface area contributed by atoms with Crippen LogP contribution in [0, 0.1) is 13.8 Å². The molecular formula is C19H23NO4S. The molecule has 6 heteroatoms. The Hall–Kier alpha value is -2.34. The number of benzene rings is 2. The first-order valence-corrected chi connectivity index (χ1v) is 9.86. The van der Waals surface area contributed by atoms with Gasteiger partial charge >= 0.3 is 0 Å². The van der Waals surface area contributed by atoms with Crippen molar-refractivity contribution in [1.82, 2.24) is 5.32 Å². The molecule has 2 rings (SSSR count). The number of ether oxygens (including phenoxy) is 1. The Balaban J connectivity index is 1.95. The predicted molar refractivity (Wildman–Crippen MR) is 97.5 cm³/mol. The fourth-order valence-electron chi connectivity index (χ4n) is 2.39. The van der Waals surface area contributed by atoms with Gasteiger partial charge in [0.25, 0.3) is 5.91 Å². The molecule has 0 aliphatic rings. The third-order valence-corrected chi connectivity index (χ3v) is 5.23. The summed E-state index contributed by atoms with van der Waals surface area (Å²) < 4.78 is 28.5. The number of hydrogen-bond donors (Lipinski definition) is 1. The van der Waals surface area contributed by atoms with Crippen molar-refractivity contribution in [2.24, 2.45) is 0 Å². The molecule has 0 spiro atoms. The number of sulfone groups is 1. The number of aryl methyl sites for hydroxylation is 1. The zero-order chi connectivity index (χ0) is 18.6. The number of carbonyl (C=O) groups excluding carboxylic acids is 1. The van der Waals surface area contributed by atoms with Gasteiger partial charge in [0.2, 0.25) is 0 Å². The Labute approximate surface area is 148 Å². The van der Waals surface area contributed by atoms with Gasteiger partial charge in [0.15, 0.2) is 16.4 Å². The molecule has 0 heterocycles. The maximum absolute atomic E-state index is 12.1. The molecule has 2 aromatic rings. The van der Waals surface area contributed by atoms with Crippen LogP contribution in [0.25, 0.3) is 0 Å². The summed E-state index contributed by atoms with van der Waals surface area (Å²) in [5, 5.41) is 2.85. The SMILES string of the molecule is Cc1cccc(OCC(=O)N[C@H](C)c2ccc(S(C)(=O)=O)cc2)c1C. The third kappa shape index (κ3) is 5.06. The number of carbonyl (C=O) groups is 1. The van der Waals surface area contributed by atoms with Crippen molar-refractivity contribution in [1.29, 1.82) is 0 Å². The first-order valence-electron chi connectivity index (χ1n) is 7.97. The van der Waals surface area contributed by atoms with Gasteiger partial charge < -0.3 is 10.1 Å². The van der Waals surface area contributed by atoms with Gasteiger partial charge in [-0.3, -0.25) is 4.79 Å². The second kappa shape index (κ2) is 7.70. The molecule has 0 aromatic heterocycles. The van der Waals surface area contributed by atoms with Crippen LogP contribution in [-0.2, 0) is 14.6 Å². The van der Waals surface area contributed by atoms with E-state index in [0.717, 1.165) is 22.9 Å². The third-order valence-electron chi connectivity index (χ3n) is 4.10. The lowest BCUT2D eigenvalue weighted by Crippen LogP contribution is -2.31. The lowest BCUT2D eigenvalue weighted by Gasteiger charge is -2.16. The van der Waals surface area contributed by atoms with E-state index in [2.05, 4.69) is 5.32 Å². The van der Waals surface area contributed by atoms with Crippen LogP contribution in [0.1, 0.15) is 29.7 Å². The van der Waals surface area contributed by atoms with E-state index in [9.17, 15) is 13.2 Å². The molecule has 0 aliphatic heterocycles. The summed E-state index contributed by atoms with van der Waals surface area (Å²) in [6, 6.07) is 12.0. The zero-order valence-corrected chi connectivity index (χ0v) is 15.7. The van der Waals surface area contributed by atoms with E-state index in [1.807, 2.05) is 39.0 Å². The quantitative estimate of drug-likeness (QED) is 0.858. The average Bonchev–Trinajstić information content (AvgIpc) is 2.55. The van der Waals surface area contributed by atoms with Gasteiger partial charge in [0, 0.05) is 6.26 Å². The topological polar surface area (TPSA) is 72.5 Å². The molecule has 0 aliphatic carbocycles. The first-order chi connectivity index (χ1) is 11.7. The van der Waals surface area contributed by atoms with E-state index in [1.54, 1.807) is 24.3 Å². The molecule has 134 valence electrons. The van der Waals surface area contributed by atoms with Gasteiger partial charge in [-0.25, -0.2) is 8.42 Å². The van der Waals surface area contributed by atoms with Crippen LogP contribution < -0.4 is 10.1 Å². The van der Waals surface area contributed by atoms with Crippen LogP contribution in [0.5, 0.6) is 5.75 Å². The van der Waals surface area contributed by atoms with Crippen LogP contribution in [0.3, 0.4) is 0 Å². The Morgan fingerprint density at radius 1 is 1.12 bits per heavy atom. The van der Waals surface area contributed by atoms with Crippen molar-refractivity contribution in [2.75, 3.05) is 12.9 Å². The van der Waals surface area contributed by atoms with Crippen molar-refractivity contribution in [3.8, 4) is 5.75 Å². The number of hydrogen-bond acceptors (Lipinski definition) is 4. The summed E-state index contributed by atoms with van der Waals surface area (Å²) in [6.45, 7) is 5.71. The van der Waals surface area contributed by atoms with Crippen molar-refractivity contribution >= 4 is 15.7 Å². The van der Waals surface area contributed by atoms with Crippen LogP contribution >= 0.6 is 0 Å². The van der Waals surface area contributed by atoms with Gasteiger partial charge in [0.1, 0.15) is 5.75 Å². The molecule has 25 heavy (non-hydrogen) atoms. The van der Waals surface area contributed by atoms with Crippen LogP contribution in [0.2, 0.25) is 0 Å². The molecule has 0 unspecified atom stereocenters. The average molecular weight is 361 g/mol. The minimum atomic E-state index is -3.22. The first kappa shape index (κ1) is 19.0. The minimum absolute atomic E-state index is 0.0734. The summed E-state index contributed by atoms with van der Waals surface area (Å²) in [5.41, 5.74) is 2.95. The molecule has 1 atom stereocenters. The lowest BCUT2D eigenvalue weighted by atomic mass is 10.1. The summed E-state index contributed by atoms with van der Waals surface area (Å²) in [7, 11) is -3.22. The molecular weight excluding hydrogens is 338 g/mol. The second-order valence-electron chi connectivity index (χ2n) is 6.12. The maximum Gasteiger partial charge on any atom is 0.258 e. The van der Waals surface area contributed by atoms with Crippen LogP contribution in [0.4, 0.5) is 0 Å². The molecule has 0 fully saturated rings. The van der Waals surface area contributed by atoms with Gasteiger partial charge in [-0.15, -0.1) is 0 Å². The van der Waals surface area contributed by atoms with Crippen molar-refractivity contribution in [3.63, 3.8) is 0 Å². The monoisotopic (exact) mass is 361 g/mol. The molecule has 1 N–H and O–H groups in total. The van der Waals surface area contributed by atoms with E-state index >= 15 is 0 Å². The molecule has 0 saturated carbocycles. The van der Waals surface area contributed by atoms with Crippen molar-refractivity contribution < 1.29 is 17.9 Å². The fourth-order valence-corrected chi connectivity index (χ4v) is 3.02. The highest BCUT2D eigenvalue weighted by Gasteiger charge is 2.13. The number of amides is 1. The van der Waals surface area contributed by atoms with Crippen LogP contribution in [-0.4, -0.2) is 27.2 Å². The summed E-state index contributed by atoms with van der Waals surface area (Å²) in [5.74, 6) is 0.459. The Morgan fingerprint density at radius 2 is 1.76 bits per heavy atom. The van der Waals surface area contributed by atoms with E-state index in [0.29, 0.717) is 5.75 Å². The molecule has 0 radical (unpaired) electrons. The molecule has 0 bridgehead atoms. The highest BCUT2D eigenvalue weighted by atomic mass is 32.2. The van der Waals surface area contributed by atoms with Crippen LogP contribution in [0.15, 0.2) is 47.4 Å². The highest BCUT2D eigenvalue weighted by molar-refractivity contribution is 7.90. The molecule has 0 saturated heterocycles. The number of nitrogens with one attached hydrogen (secondary N) is 1. The van der Waals surface area contributed by atoms with Crippen molar-refractivity contribution in [2.45, 2.75) is 31.7 Å². The standard InChI is InChI=1S/C19H23NO4S/c1-13-6-5-7-18(14(13)2)24-12-19(21)20-15(3)16-8-10-17(11-9-16)25(4,22)23/h5-11,15H,12H2,1-4H3,(H,20,21)/t15-/m1/s1. The Kier molecular flexibility index (Phi) is 5.85.